The van der Waals surface area contributed by atoms with E-state index in [9.17, 15) is 0 Å². The minimum absolute atomic E-state index is 0.0662. The molecule has 2 aromatic rings. The molecule has 0 aliphatic heterocycles. The molecule has 0 radical (unpaired) electrons. The Bertz CT molecular complexity index is 801. The molecule has 0 bridgehead atoms. The third-order valence-corrected chi connectivity index (χ3v) is 6.99. The molecule has 12 heteroatoms. The predicted molar refractivity (Wildman–Crippen MR) is 115 cm³/mol. The molecule has 26 heavy (non-hydrogen) atoms. The molecular formula is C14H8Cl7O3PS. The molecule has 0 saturated heterocycles. The summed E-state index contributed by atoms with van der Waals surface area (Å²) in [6.45, 7) is -3.36. The second-order valence-electron chi connectivity index (χ2n) is 4.55. The number of alkyl halides is 1. The minimum atomic E-state index is -3.43. The molecule has 0 aliphatic carbocycles. The van der Waals surface area contributed by atoms with Gasteiger partial charge < -0.3 is 9.05 Å². The maximum atomic E-state index is 6.12. The zero-order chi connectivity index (χ0) is 19.5. The van der Waals surface area contributed by atoms with E-state index in [0.29, 0.717) is 0 Å². The highest BCUT2D eigenvalue weighted by Crippen LogP contribution is 2.53. The van der Waals surface area contributed by atoms with Crippen LogP contribution in [0.3, 0.4) is 0 Å². The van der Waals surface area contributed by atoms with Crippen molar-refractivity contribution in [2.45, 2.75) is 0 Å². The second kappa shape index (κ2) is 9.93. The number of rotatable bonds is 7. The highest BCUT2D eigenvalue weighted by molar-refractivity contribution is 8.07. The molecule has 142 valence electrons. The first-order valence-electron chi connectivity index (χ1n) is 6.64. The average molecular weight is 535 g/mol. The van der Waals surface area contributed by atoms with E-state index in [1.54, 1.807) is 0 Å². The van der Waals surface area contributed by atoms with Crippen LogP contribution in [0.5, 0.6) is 11.5 Å². The number of hydrogen-bond donors (Lipinski definition) is 0. The molecule has 0 spiro atoms. The fourth-order valence-electron chi connectivity index (χ4n) is 1.61. The lowest BCUT2D eigenvalue weighted by Gasteiger charge is -2.24. The molecule has 0 saturated carbocycles. The van der Waals surface area contributed by atoms with Gasteiger partial charge in [-0.15, -0.1) is 11.6 Å². The Hall–Kier alpha value is 0.680. The summed E-state index contributed by atoms with van der Waals surface area (Å²) in [5.74, 6) is 0.431. The molecule has 3 nitrogen and oxygen atoms in total. The van der Waals surface area contributed by atoms with Crippen molar-refractivity contribution in [2.24, 2.45) is 0 Å². The van der Waals surface area contributed by atoms with Crippen LogP contribution < -0.4 is 9.05 Å². The van der Waals surface area contributed by atoms with Crippen molar-refractivity contribution in [3.8, 4) is 11.5 Å². The van der Waals surface area contributed by atoms with Crippen LogP contribution in [0.4, 0.5) is 0 Å². The summed E-state index contributed by atoms with van der Waals surface area (Å²) in [4.78, 5) is 0. The lowest BCUT2D eigenvalue weighted by molar-refractivity contribution is 0.278. The van der Waals surface area contributed by atoms with Gasteiger partial charge in [0.1, 0.15) is 11.5 Å². The smallest absolute Gasteiger partial charge is 0.414 e. The molecule has 0 unspecified atom stereocenters. The van der Waals surface area contributed by atoms with Gasteiger partial charge in [0.05, 0.1) is 36.7 Å². The molecule has 0 heterocycles. The summed E-state index contributed by atoms with van der Waals surface area (Å²) >= 11 is 47.1. The van der Waals surface area contributed by atoms with Gasteiger partial charge in [0.2, 0.25) is 0 Å². The molecule has 0 atom stereocenters. The van der Waals surface area contributed by atoms with Crippen LogP contribution in [0.2, 0.25) is 30.1 Å². The first kappa shape index (κ1) is 23.0. The van der Waals surface area contributed by atoms with Crippen molar-refractivity contribution in [1.29, 1.82) is 0 Å². The van der Waals surface area contributed by atoms with Crippen molar-refractivity contribution in [2.75, 3.05) is 12.5 Å². The summed E-state index contributed by atoms with van der Waals surface area (Å²) in [7, 11) is 0. The van der Waals surface area contributed by atoms with E-state index in [0.717, 1.165) is 0 Å². The topological polar surface area (TPSA) is 27.7 Å². The van der Waals surface area contributed by atoms with Crippen molar-refractivity contribution < 1.29 is 13.6 Å². The Balaban J connectivity index is 2.38. The van der Waals surface area contributed by atoms with Gasteiger partial charge in [0, 0.05) is 29.8 Å². The average Bonchev–Trinajstić information content (AvgIpc) is 2.56. The van der Waals surface area contributed by atoms with Gasteiger partial charge in [-0.25, -0.2) is 0 Å². The Kier molecular flexibility index (Phi) is 8.77. The SMILES string of the molecule is S=P(OCCCl)(Oc1cc(Cl)c(Cl)cc1Cl)Oc1cc(Cl)c(Cl)cc1Cl. The minimum Gasteiger partial charge on any atom is -0.414 e. The van der Waals surface area contributed by atoms with Gasteiger partial charge in [0.25, 0.3) is 0 Å². The van der Waals surface area contributed by atoms with Crippen LogP contribution in [0.15, 0.2) is 24.3 Å². The van der Waals surface area contributed by atoms with E-state index in [2.05, 4.69) is 0 Å². The lowest BCUT2D eigenvalue weighted by atomic mass is 10.3. The Morgan fingerprint density at radius 1 is 0.692 bits per heavy atom. The Morgan fingerprint density at radius 3 is 1.46 bits per heavy atom. The molecule has 0 aromatic heterocycles. The van der Waals surface area contributed by atoms with Gasteiger partial charge >= 0.3 is 6.72 Å². The van der Waals surface area contributed by atoms with Gasteiger partial charge in [-0.05, 0) is 12.1 Å². The van der Waals surface area contributed by atoms with Gasteiger partial charge in [-0.1, -0.05) is 69.6 Å². The third kappa shape index (κ3) is 6.09. The van der Waals surface area contributed by atoms with Crippen molar-refractivity contribution in [3.63, 3.8) is 0 Å². The Morgan fingerprint density at radius 2 is 1.08 bits per heavy atom. The fraction of sp³-hybridized carbons (Fsp3) is 0.143. The second-order valence-corrected chi connectivity index (χ2v) is 10.2. The van der Waals surface area contributed by atoms with Gasteiger partial charge in [0.15, 0.2) is 0 Å². The van der Waals surface area contributed by atoms with Crippen LogP contribution in [-0.2, 0) is 16.3 Å². The quantitative estimate of drug-likeness (QED) is 0.202. The van der Waals surface area contributed by atoms with Crippen molar-refractivity contribution >= 4 is 99.7 Å². The summed E-state index contributed by atoms with van der Waals surface area (Å²) in [5, 5.41) is 1.30. The summed E-state index contributed by atoms with van der Waals surface area (Å²) in [6, 6.07) is 5.62. The maximum absolute atomic E-state index is 6.12. The number of halogens is 7. The fourth-order valence-corrected chi connectivity index (χ4v) is 5.00. The maximum Gasteiger partial charge on any atom is 0.435 e. The number of hydrogen-bond acceptors (Lipinski definition) is 4. The molecule has 0 aliphatic rings. The third-order valence-electron chi connectivity index (χ3n) is 2.70. The normalized spacial score (nSPS) is 11.5. The largest absolute Gasteiger partial charge is 0.435 e. The van der Waals surface area contributed by atoms with E-state index in [1.165, 1.54) is 24.3 Å². The van der Waals surface area contributed by atoms with E-state index in [4.69, 9.17) is 107 Å². The summed E-state index contributed by atoms with van der Waals surface area (Å²) in [6.07, 6.45) is 0. The Labute approximate surface area is 190 Å². The summed E-state index contributed by atoms with van der Waals surface area (Å²) < 4.78 is 16.9. The summed E-state index contributed by atoms with van der Waals surface area (Å²) in [5.41, 5.74) is 0. The van der Waals surface area contributed by atoms with E-state index >= 15 is 0 Å². The van der Waals surface area contributed by atoms with Crippen LogP contribution in [-0.4, -0.2) is 12.5 Å². The van der Waals surface area contributed by atoms with Crippen LogP contribution >= 0.6 is 87.9 Å². The first-order valence-corrected chi connectivity index (χ1v) is 12.0. The van der Waals surface area contributed by atoms with Crippen LogP contribution in [0.1, 0.15) is 0 Å². The number of benzene rings is 2. The van der Waals surface area contributed by atoms with Crippen LogP contribution in [0, 0.1) is 0 Å². The van der Waals surface area contributed by atoms with Crippen molar-refractivity contribution in [1.82, 2.24) is 0 Å². The van der Waals surface area contributed by atoms with Crippen molar-refractivity contribution in [3.05, 3.63) is 54.4 Å². The first-order chi connectivity index (χ1) is 12.1. The van der Waals surface area contributed by atoms with E-state index in [1.807, 2.05) is 0 Å². The molecular weight excluding hydrogens is 527 g/mol. The highest BCUT2D eigenvalue weighted by atomic mass is 35.5. The monoisotopic (exact) mass is 532 g/mol. The van der Waals surface area contributed by atoms with E-state index < -0.39 is 6.72 Å². The zero-order valence-electron chi connectivity index (χ0n) is 12.4. The van der Waals surface area contributed by atoms with Crippen LogP contribution in [0.25, 0.3) is 0 Å². The lowest BCUT2D eigenvalue weighted by Crippen LogP contribution is -2.07. The predicted octanol–water partition coefficient (Wildman–Crippen LogP) is 8.54. The molecule has 0 fully saturated rings. The molecule has 0 N–H and O–H groups in total. The molecule has 2 aromatic carbocycles. The molecule has 0 amide bonds. The zero-order valence-corrected chi connectivity index (χ0v) is 19.5. The molecule has 2 rings (SSSR count). The van der Waals surface area contributed by atoms with Gasteiger partial charge in [-0.2, -0.15) is 0 Å². The highest BCUT2D eigenvalue weighted by Gasteiger charge is 2.28. The standard InChI is InChI=1S/C14H8Cl7O3PS/c15-1-2-22-25(26,23-13-5-9(18)7(16)3-11(13)20)24-14-6-10(19)8(17)4-12(14)21/h3-6H,1-2H2. The van der Waals surface area contributed by atoms with E-state index in [-0.39, 0.29) is 54.1 Å². The van der Waals surface area contributed by atoms with Gasteiger partial charge in [-0.3, -0.25) is 4.52 Å².